The van der Waals surface area contributed by atoms with E-state index in [0.29, 0.717) is 12.6 Å². The van der Waals surface area contributed by atoms with E-state index in [4.69, 9.17) is 11.5 Å². The summed E-state index contributed by atoms with van der Waals surface area (Å²) in [5.41, 5.74) is 12.7. The van der Waals surface area contributed by atoms with Gasteiger partial charge >= 0.3 is 0 Å². The minimum Gasteiger partial charge on any atom is -0.369 e. The van der Waals surface area contributed by atoms with Crippen LogP contribution in [0.3, 0.4) is 0 Å². The molecule has 1 aliphatic heterocycles. The summed E-state index contributed by atoms with van der Waals surface area (Å²) in [6.45, 7) is 2.95. The number of amides is 1. The largest absolute Gasteiger partial charge is 0.369 e. The van der Waals surface area contributed by atoms with Gasteiger partial charge in [0.05, 0.1) is 5.92 Å². The Morgan fingerprint density at radius 2 is 2.21 bits per heavy atom. The summed E-state index contributed by atoms with van der Waals surface area (Å²) in [7, 11) is 0. The quantitative estimate of drug-likeness (QED) is 0.867. The normalized spacial score (nSPS) is 23.4. The lowest BCUT2D eigenvalue weighted by Gasteiger charge is -2.39. The zero-order valence-electron chi connectivity index (χ0n) is 11.1. The molecule has 1 aliphatic rings. The van der Waals surface area contributed by atoms with E-state index in [1.165, 1.54) is 12.1 Å². The van der Waals surface area contributed by atoms with E-state index < -0.39 is 0 Å². The minimum absolute atomic E-state index is 0.146. The van der Waals surface area contributed by atoms with Gasteiger partial charge in [0.15, 0.2) is 0 Å². The number of carbonyl (C=O) groups is 1. The molecule has 1 heterocycles. The van der Waals surface area contributed by atoms with Crippen molar-refractivity contribution in [3.63, 3.8) is 0 Å². The van der Waals surface area contributed by atoms with Gasteiger partial charge in [0.1, 0.15) is 5.82 Å². The second kappa shape index (κ2) is 5.57. The van der Waals surface area contributed by atoms with Crippen molar-refractivity contribution in [1.29, 1.82) is 0 Å². The molecular formula is C14H20FN3O. The fourth-order valence-corrected chi connectivity index (χ4v) is 2.67. The Labute approximate surface area is 112 Å². The highest BCUT2D eigenvalue weighted by molar-refractivity contribution is 5.77. The van der Waals surface area contributed by atoms with Crippen LogP contribution in [-0.2, 0) is 11.3 Å². The van der Waals surface area contributed by atoms with Crippen LogP contribution in [-0.4, -0.2) is 18.5 Å². The highest BCUT2D eigenvalue weighted by Gasteiger charge is 2.29. The smallest absolute Gasteiger partial charge is 0.222 e. The van der Waals surface area contributed by atoms with Crippen LogP contribution in [0.2, 0.25) is 0 Å². The topological polar surface area (TPSA) is 72.4 Å². The molecule has 1 saturated heterocycles. The minimum atomic E-state index is -0.291. The molecule has 0 saturated carbocycles. The first-order chi connectivity index (χ1) is 9.02. The zero-order chi connectivity index (χ0) is 14.0. The number of hydrogen-bond donors (Lipinski definition) is 2. The summed E-state index contributed by atoms with van der Waals surface area (Å²) in [4.78, 5) is 13.5. The van der Waals surface area contributed by atoms with Crippen LogP contribution in [0.1, 0.15) is 25.3 Å². The highest BCUT2D eigenvalue weighted by atomic mass is 19.1. The Kier molecular flexibility index (Phi) is 4.04. The average Bonchev–Trinajstić information content (AvgIpc) is 2.39. The van der Waals surface area contributed by atoms with Crippen molar-refractivity contribution in [2.45, 2.75) is 32.4 Å². The van der Waals surface area contributed by atoms with Crippen LogP contribution in [0.5, 0.6) is 0 Å². The maximum absolute atomic E-state index is 13.3. The Bertz CT molecular complexity index is 478. The Balaban J connectivity index is 2.30. The monoisotopic (exact) mass is 265 g/mol. The molecular weight excluding hydrogens is 245 g/mol. The van der Waals surface area contributed by atoms with E-state index in [0.717, 1.165) is 24.1 Å². The van der Waals surface area contributed by atoms with Crippen molar-refractivity contribution in [3.05, 3.63) is 29.6 Å². The molecule has 1 aromatic carbocycles. The molecule has 2 rings (SSSR count). The molecule has 0 bridgehead atoms. The lowest BCUT2D eigenvalue weighted by atomic mass is 9.92. The third-order valence-corrected chi connectivity index (χ3v) is 3.86. The van der Waals surface area contributed by atoms with Crippen molar-refractivity contribution in [3.8, 4) is 0 Å². The van der Waals surface area contributed by atoms with Gasteiger partial charge in [0.2, 0.25) is 5.91 Å². The first-order valence-electron chi connectivity index (χ1n) is 6.57. The fraction of sp³-hybridized carbons (Fsp3) is 0.500. The molecule has 0 spiro atoms. The molecule has 1 fully saturated rings. The van der Waals surface area contributed by atoms with Gasteiger partial charge in [-0.2, -0.15) is 0 Å². The van der Waals surface area contributed by atoms with Crippen LogP contribution in [0.4, 0.5) is 10.1 Å². The van der Waals surface area contributed by atoms with Gasteiger partial charge in [-0.15, -0.1) is 0 Å². The first kappa shape index (κ1) is 13.8. The number of benzene rings is 1. The van der Waals surface area contributed by atoms with Crippen molar-refractivity contribution >= 4 is 11.6 Å². The van der Waals surface area contributed by atoms with E-state index in [-0.39, 0.29) is 24.2 Å². The van der Waals surface area contributed by atoms with E-state index in [2.05, 4.69) is 11.8 Å². The number of hydrogen-bond acceptors (Lipinski definition) is 3. The Morgan fingerprint density at radius 1 is 1.47 bits per heavy atom. The summed E-state index contributed by atoms with van der Waals surface area (Å²) in [5, 5.41) is 0. The van der Waals surface area contributed by atoms with Crippen molar-refractivity contribution in [1.82, 2.24) is 0 Å². The lowest BCUT2D eigenvalue weighted by Crippen LogP contribution is -2.46. The van der Waals surface area contributed by atoms with Gasteiger partial charge < -0.3 is 16.4 Å². The SMILES string of the molecule is CC1CCC(C(N)=O)CN1c1ccc(F)cc1CN. The molecule has 104 valence electrons. The molecule has 0 aromatic heterocycles. The predicted molar refractivity (Wildman–Crippen MR) is 73.0 cm³/mol. The second-order valence-corrected chi connectivity index (χ2v) is 5.16. The predicted octanol–water partition coefficient (Wildman–Crippen LogP) is 1.37. The summed E-state index contributed by atoms with van der Waals surface area (Å²) in [6.07, 6.45) is 1.71. The lowest BCUT2D eigenvalue weighted by molar-refractivity contribution is -0.122. The molecule has 1 aromatic rings. The summed E-state index contributed by atoms with van der Waals surface area (Å²) < 4.78 is 13.3. The van der Waals surface area contributed by atoms with Crippen LogP contribution in [0.25, 0.3) is 0 Å². The number of anilines is 1. The van der Waals surface area contributed by atoms with E-state index >= 15 is 0 Å². The molecule has 5 heteroatoms. The number of nitrogens with two attached hydrogens (primary N) is 2. The Hall–Kier alpha value is -1.62. The van der Waals surface area contributed by atoms with Crippen LogP contribution < -0.4 is 16.4 Å². The number of halogens is 1. The van der Waals surface area contributed by atoms with Crippen LogP contribution >= 0.6 is 0 Å². The van der Waals surface area contributed by atoms with E-state index in [1.54, 1.807) is 6.07 Å². The second-order valence-electron chi connectivity index (χ2n) is 5.16. The van der Waals surface area contributed by atoms with Gasteiger partial charge in [-0.3, -0.25) is 4.79 Å². The number of rotatable bonds is 3. The molecule has 2 atom stereocenters. The van der Waals surface area contributed by atoms with Gasteiger partial charge in [-0.25, -0.2) is 4.39 Å². The fourth-order valence-electron chi connectivity index (χ4n) is 2.67. The summed E-state index contributed by atoms with van der Waals surface area (Å²) in [5.74, 6) is -0.708. The van der Waals surface area contributed by atoms with Crippen molar-refractivity contribution in [2.24, 2.45) is 17.4 Å². The molecule has 0 radical (unpaired) electrons. The van der Waals surface area contributed by atoms with Gasteiger partial charge in [0.25, 0.3) is 0 Å². The van der Waals surface area contributed by atoms with Gasteiger partial charge in [-0.1, -0.05) is 0 Å². The third kappa shape index (κ3) is 2.87. The maximum atomic E-state index is 13.3. The van der Waals surface area contributed by atoms with Gasteiger partial charge in [0, 0.05) is 24.8 Å². The highest BCUT2D eigenvalue weighted by Crippen LogP contribution is 2.30. The molecule has 19 heavy (non-hydrogen) atoms. The average molecular weight is 265 g/mol. The zero-order valence-corrected chi connectivity index (χ0v) is 11.1. The van der Waals surface area contributed by atoms with Crippen LogP contribution in [0, 0.1) is 11.7 Å². The Morgan fingerprint density at radius 3 is 2.84 bits per heavy atom. The maximum Gasteiger partial charge on any atom is 0.222 e. The summed E-state index contributed by atoms with van der Waals surface area (Å²) in [6, 6.07) is 4.91. The number of carbonyl (C=O) groups excluding carboxylic acids is 1. The first-order valence-corrected chi connectivity index (χ1v) is 6.57. The molecule has 1 amide bonds. The molecule has 0 aliphatic carbocycles. The third-order valence-electron chi connectivity index (χ3n) is 3.86. The van der Waals surface area contributed by atoms with Gasteiger partial charge in [-0.05, 0) is 43.5 Å². The standard InChI is InChI=1S/C14H20FN3O/c1-9-2-3-10(14(17)19)8-18(9)13-5-4-12(15)6-11(13)7-16/h4-6,9-10H,2-3,7-8,16H2,1H3,(H2,17,19). The van der Waals surface area contributed by atoms with Crippen LogP contribution in [0.15, 0.2) is 18.2 Å². The number of primary amides is 1. The van der Waals surface area contributed by atoms with E-state index in [9.17, 15) is 9.18 Å². The van der Waals surface area contributed by atoms with Crippen molar-refractivity contribution < 1.29 is 9.18 Å². The summed E-state index contributed by atoms with van der Waals surface area (Å²) >= 11 is 0. The molecule has 4 N–H and O–H groups in total. The number of piperidine rings is 1. The number of nitrogens with zero attached hydrogens (tertiary/aromatic N) is 1. The van der Waals surface area contributed by atoms with E-state index in [1.807, 2.05) is 0 Å². The van der Waals surface area contributed by atoms with Crippen molar-refractivity contribution in [2.75, 3.05) is 11.4 Å². The molecule has 2 unspecified atom stereocenters. The molecule has 4 nitrogen and oxygen atoms in total.